The van der Waals surface area contributed by atoms with E-state index in [-0.39, 0.29) is 24.1 Å². The number of fused-ring (bicyclic) bond motifs is 5. The van der Waals surface area contributed by atoms with Gasteiger partial charge >= 0.3 is 5.97 Å². The summed E-state index contributed by atoms with van der Waals surface area (Å²) in [4.78, 5) is 29.6. The molecule has 4 heterocycles. The fourth-order valence-corrected chi connectivity index (χ4v) is 3.98. The van der Waals surface area contributed by atoms with Crippen LogP contribution in [0.3, 0.4) is 0 Å². The second kappa shape index (κ2) is 5.45. The van der Waals surface area contributed by atoms with E-state index in [1.165, 1.54) is 28.8 Å². The zero-order valence-corrected chi connectivity index (χ0v) is 14.7. The van der Waals surface area contributed by atoms with Crippen LogP contribution in [0.4, 0.5) is 8.78 Å². The monoisotopic (exact) mass is 384 g/mol. The third kappa shape index (κ3) is 2.06. The quantitative estimate of drug-likeness (QED) is 0.511. The predicted molar refractivity (Wildman–Crippen MR) is 94.6 cm³/mol. The maximum Gasteiger partial charge on any atom is 0.345 e. The Balaban J connectivity index is 1.81. The van der Waals surface area contributed by atoms with Crippen molar-refractivity contribution in [1.82, 2.24) is 9.55 Å². The van der Waals surface area contributed by atoms with Crippen LogP contribution in [0, 0.1) is 5.82 Å². The molecule has 28 heavy (non-hydrogen) atoms. The van der Waals surface area contributed by atoms with Crippen LogP contribution in [0.2, 0.25) is 0 Å². The summed E-state index contributed by atoms with van der Waals surface area (Å²) in [7, 11) is 0. The number of esters is 1. The summed E-state index contributed by atoms with van der Waals surface area (Å²) in [6.07, 6.45) is -2.32. The number of ether oxygens (including phenoxy) is 1. The van der Waals surface area contributed by atoms with Gasteiger partial charge in [0.25, 0.3) is 11.9 Å². The Bertz CT molecular complexity index is 1250. The lowest BCUT2D eigenvalue weighted by Gasteiger charge is -2.33. The summed E-state index contributed by atoms with van der Waals surface area (Å²) >= 11 is 0. The zero-order valence-electron chi connectivity index (χ0n) is 14.7. The molecule has 0 saturated carbocycles. The van der Waals surface area contributed by atoms with Crippen LogP contribution in [0.1, 0.15) is 36.4 Å². The standard InChI is InChI=1S/C20H14F2N2O4/c1-2-20(27)12-7-14-16-10(5-9-6-11(21)3-4-13(9)23-16)8-24(14)18(25)15(12)17(22)28-19(20)26/h3-7,17,27H,2,8H2,1H3/t17?,20-/m0/s1. The first kappa shape index (κ1) is 17.0. The second-order valence-corrected chi connectivity index (χ2v) is 7.02. The van der Waals surface area contributed by atoms with E-state index in [1.54, 1.807) is 13.0 Å². The van der Waals surface area contributed by atoms with Crippen molar-refractivity contribution in [3.8, 4) is 11.4 Å². The van der Waals surface area contributed by atoms with Gasteiger partial charge in [-0.25, -0.2) is 14.2 Å². The van der Waals surface area contributed by atoms with Crippen LogP contribution in [0.15, 0.2) is 35.1 Å². The molecule has 2 aromatic heterocycles. The van der Waals surface area contributed by atoms with Gasteiger partial charge in [-0.3, -0.25) is 4.79 Å². The topological polar surface area (TPSA) is 81.4 Å². The Morgan fingerprint density at radius 2 is 2.11 bits per heavy atom. The van der Waals surface area contributed by atoms with Crippen molar-refractivity contribution in [1.29, 1.82) is 0 Å². The smallest absolute Gasteiger partial charge is 0.345 e. The van der Waals surface area contributed by atoms with Crippen LogP contribution >= 0.6 is 0 Å². The number of benzene rings is 1. The number of aliphatic hydroxyl groups is 1. The maximum absolute atomic E-state index is 14.4. The molecule has 8 heteroatoms. The van der Waals surface area contributed by atoms with Crippen LogP contribution in [-0.4, -0.2) is 20.6 Å². The highest BCUT2D eigenvalue weighted by Crippen LogP contribution is 2.42. The van der Waals surface area contributed by atoms with E-state index in [4.69, 9.17) is 0 Å². The van der Waals surface area contributed by atoms with Gasteiger partial charge in [0.15, 0.2) is 5.60 Å². The average molecular weight is 384 g/mol. The van der Waals surface area contributed by atoms with E-state index in [0.717, 1.165) is 0 Å². The van der Waals surface area contributed by atoms with Crippen LogP contribution in [-0.2, 0) is 21.7 Å². The average Bonchev–Trinajstić information content (AvgIpc) is 3.02. The SMILES string of the molecule is CC[C@@]1(O)C(=O)OC(F)c2c1cc1n(c2=O)Cc2cc3cc(F)ccc3nc2-1. The summed E-state index contributed by atoms with van der Waals surface area (Å²) in [5.41, 5.74) is -1.21. The van der Waals surface area contributed by atoms with Crippen LogP contribution in [0.5, 0.6) is 0 Å². The minimum Gasteiger partial charge on any atom is -0.424 e. The summed E-state index contributed by atoms with van der Waals surface area (Å²) in [6, 6.07) is 7.32. The van der Waals surface area contributed by atoms with Gasteiger partial charge in [0, 0.05) is 16.5 Å². The molecular formula is C20H14F2N2O4. The number of hydrogen-bond donors (Lipinski definition) is 1. The predicted octanol–water partition coefficient (Wildman–Crippen LogP) is 2.69. The van der Waals surface area contributed by atoms with Crippen molar-refractivity contribution in [2.24, 2.45) is 0 Å². The van der Waals surface area contributed by atoms with E-state index in [0.29, 0.717) is 27.9 Å². The van der Waals surface area contributed by atoms with Gasteiger partial charge < -0.3 is 14.4 Å². The lowest BCUT2D eigenvalue weighted by atomic mass is 9.85. The highest BCUT2D eigenvalue weighted by molar-refractivity contribution is 5.86. The fourth-order valence-electron chi connectivity index (χ4n) is 3.98. The normalized spacial score (nSPS) is 22.6. The summed E-state index contributed by atoms with van der Waals surface area (Å²) in [5.74, 6) is -1.53. The largest absolute Gasteiger partial charge is 0.424 e. The number of alkyl halides is 1. The Kier molecular flexibility index (Phi) is 3.31. The van der Waals surface area contributed by atoms with E-state index < -0.39 is 29.3 Å². The Labute approximate surface area is 157 Å². The van der Waals surface area contributed by atoms with Crippen LogP contribution < -0.4 is 5.56 Å². The molecule has 6 nitrogen and oxygen atoms in total. The first-order chi connectivity index (χ1) is 13.3. The summed E-state index contributed by atoms with van der Waals surface area (Å²) in [5, 5.41) is 11.4. The molecule has 2 atom stereocenters. The lowest BCUT2D eigenvalue weighted by Crippen LogP contribution is -2.45. The van der Waals surface area contributed by atoms with Gasteiger partial charge in [-0.05, 0) is 36.8 Å². The van der Waals surface area contributed by atoms with Gasteiger partial charge in [-0.1, -0.05) is 6.92 Å². The molecule has 0 aliphatic carbocycles. The number of carbonyl (C=O) groups excluding carboxylic acids is 1. The van der Waals surface area contributed by atoms with Crippen molar-refractivity contribution in [2.75, 3.05) is 0 Å². The van der Waals surface area contributed by atoms with Gasteiger partial charge in [-0.2, -0.15) is 4.39 Å². The number of pyridine rings is 2. The molecule has 0 saturated heterocycles. The second-order valence-electron chi connectivity index (χ2n) is 7.02. The Morgan fingerprint density at radius 3 is 2.86 bits per heavy atom. The number of nitrogens with zero attached hydrogens (tertiary/aromatic N) is 2. The first-order valence-electron chi connectivity index (χ1n) is 8.79. The van der Waals surface area contributed by atoms with Crippen molar-refractivity contribution in [3.05, 3.63) is 63.2 Å². The number of aromatic nitrogens is 2. The van der Waals surface area contributed by atoms with Crippen molar-refractivity contribution in [3.63, 3.8) is 0 Å². The van der Waals surface area contributed by atoms with E-state index in [1.807, 2.05) is 0 Å². The molecule has 0 amide bonds. The van der Waals surface area contributed by atoms with Gasteiger partial charge in [0.2, 0.25) is 0 Å². The molecule has 0 bridgehead atoms. The summed E-state index contributed by atoms with van der Waals surface area (Å²) in [6.45, 7) is 1.67. The number of carbonyl (C=O) groups is 1. The number of cyclic esters (lactones) is 1. The number of rotatable bonds is 1. The Morgan fingerprint density at radius 1 is 1.32 bits per heavy atom. The van der Waals surface area contributed by atoms with E-state index >= 15 is 0 Å². The minimum absolute atomic E-state index is 0.0776. The van der Waals surface area contributed by atoms with Gasteiger partial charge in [0.1, 0.15) is 5.82 Å². The number of halogens is 2. The van der Waals surface area contributed by atoms with Gasteiger partial charge in [-0.15, -0.1) is 0 Å². The molecular weight excluding hydrogens is 370 g/mol. The van der Waals surface area contributed by atoms with E-state index in [2.05, 4.69) is 9.72 Å². The minimum atomic E-state index is -2.25. The molecule has 0 radical (unpaired) electrons. The van der Waals surface area contributed by atoms with Crippen molar-refractivity contribution < 1.29 is 23.4 Å². The van der Waals surface area contributed by atoms with Crippen molar-refractivity contribution >= 4 is 16.9 Å². The third-order valence-electron chi connectivity index (χ3n) is 5.50. The number of hydrogen-bond acceptors (Lipinski definition) is 5. The van der Waals surface area contributed by atoms with Gasteiger partial charge in [0.05, 0.1) is 29.0 Å². The molecule has 5 rings (SSSR count). The molecule has 1 aromatic carbocycles. The molecule has 0 spiro atoms. The molecule has 3 aromatic rings. The zero-order chi connectivity index (χ0) is 19.8. The lowest BCUT2D eigenvalue weighted by molar-refractivity contribution is -0.188. The van der Waals surface area contributed by atoms with Crippen LogP contribution in [0.25, 0.3) is 22.3 Å². The molecule has 0 fully saturated rings. The molecule has 2 aliphatic heterocycles. The summed E-state index contributed by atoms with van der Waals surface area (Å²) < 4.78 is 33.9. The molecule has 142 valence electrons. The Hall–Kier alpha value is -3.13. The highest BCUT2D eigenvalue weighted by Gasteiger charge is 2.49. The third-order valence-corrected chi connectivity index (χ3v) is 5.50. The first-order valence-corrected chi connectivity index (χ1v) is 8.79. The molecule has 2 aliphatic rings. The van der Waals surface area contributed by atoms with Crippen molar-refractivity contribution in [2.45, 2.75) is 31.8 Å². The fraction of sp³-hybridized carbons (Fsp3) is 0.250. The molecule has 1 unspecified atom stereocenters. The molecule has 1 N–H and O–H groups in total. The maximum atomic E-state index is 14.4. The van der Waals surface area contributed by atoms with E-state index in [9.17, 15) is 23.5 Å². The highest BCUT2D eigenvalue weighted by atomic mass is 19.1.